The van der Waals surface area contributed by atoms with Gasteiger partial charge >= 0.3 is 0 Å². The van der Waals surface area contributed by atoms with Crippen LogP contribution in [0.5, 0.6) is 0 Å². The first-order valence-electron chi connectivity index (χ1n) is 5.74. The number of aromatic nitrogens is 1. The molecule has 1 aromatic heterocycles. The number of hydrogen-bond acceptors (Lipinski definition) is 7. The van der Waals surface area contributed by atoms with Gasteiger partial charge in [0.1, 0.15) is 9.90 Å². The highest BCUT2D eigenvalue weighted by Crippen LogP contribution is 2.23. The molecule has 0 spiro atoms. The zero-order valence-electron chi connectivity index (χ0n) is 10.9. The van der Waals surface area contributed by atoms with E-state index in [-0.39, 0.29) is 22.8 Å². The molecule has 2 rings (SSSR count). The van der Waals surface area contributed by atoms with Crippen LogP contribution in [0.4, 0.5) is 11.4 Å². The molecule has 0 amide bonds. The average Bonchev–Trinajstić information content (AvgIpc) is 2.82. The van der Waals surface area contributed by atoms with Crippen LogP contribution >= 0.6 is 11.3 Å². The average molecular weight is 328 g/mol. The largest absolute Gasteiger partial charge is 0.397 e. The van der Waals surface area contributed by atoms with E-state index in [4.69, 9.17) is 5.73 Å². The van der Waals surface area contributed by atoms with Crippen molar-refractivity contribution in [2.45, 2.75) is 18.4 Å². The molecule has 0 unspecified atom stereocenters. The van der Waals surface area contributed by atoms with Gasteiger partial charge in [-0.2, -0.15) is 0 Å². The molecule has 1 heterocycles. The van der Waals surface area contributed by atoms with Gasteiger partial charge in [0, 0.05) is 23.2 Å². The number of non-ortho nitro benzene ring substituents is 1. The number of nitrogen functional groups attached to an aromatic ring is 1. The maximum Gasteiger partial charge on any atom is 0.271 e. The quantitative estimate of drug-likeness (QED) is 0.485. The summed E-state index contributed by atoms with van der Waals surface area (Å²) in [5.41, 5.74) is 5.95. The van der Waals surface area contributed by atoms with Crippen molar-refractivity contribution >= 4 is 32.7 Å². The fourth-order valence-electron chi connectivity index (χ4n) is 1.61. The summed E-state index contributed by atoms with van der Waals surface area (Å²) in [6.45, 7) is 1.85. The number of benzene rings is 1. The number of nitro benzene ring substituents is 1. The summed E-state index contributed by atoms with van der Waals surface area (Å²) >= 11 is 1.34. The van der Waals surface area contributed by atoms with E-state index in [9.17, 15) is 18.5 Å². The van der Waals surface area contributed by atoms with Gasteiger partial charge in [0.15, 0.2) is 0 Å². The SMILES string of the molecule is Cc1csc(CNS(=O)(=O)c2ccc([N+](=O)[O-])cc2N)n1. The molecule has 0 aliphatic heterocycles. The number of sulfonamides is 1. The minimum atomic E-state index is -3.85. The third-order valence-corrected chi connectivity index (χ3v) is 5.02. The monoisotopic (exact) mass is 328 g/mol. The highest BCUT2D eigenvalue weighted by atomic mass is 32.2. The molecule has 0 aliphatic carbocycles. The third-order valence-electron chi connectivity index (χ3n) is 2.57. The Morgan fingerprint density at radius 3 is 2.71 bits per heavy atom. The molecule has 0 saturated heterocycles. The Kier molecular flexibility index (Phi) is 4.21. The van der Waals surface area contributed by atoms with Crippen LogP contribution in [0.25, 0.3) is 0 Å². The molecule has 0 saturated carbocycles. The number of nitrogens with two attached hydrogens (primary N) is 1. The Hall–Kier alpha value is -2.04. The number of nitrogens with zero attached hydrogens (tertiary/aromatic N) is 2. The Morgan fingerprint density at radius 1 is 1.48 bits per heavy atom. The minimum Gasteiger partial charge on any atom is -0.397 e. The van der Waals surface area contributed by atoms with Crippen molar-refractivity contribution in [3.8, 4) is 0 Å². The zero-order chi connectivity index (χ0) is 15.6. The van der Waals surface area contributed by atoms with Gasteiger partial charge in [0.25, 0.3) is 5.69 Å². The summed E-state index contributed by atoms with van der Waals surface area (Å²) in [4.78, 5) is 13.9. The lowest BCUT2D eigenvalue weighted by atomic mass is 10.3. The smallest absolute Gasteiger partial charge is 0.271 e. The first-order valence-corrected chi connectivity index (χ1v) is 8.10. The van der Waals surface area contributed by atoms with Crippen LogP contribution < -0.4 is 10.5 Å². The van der Waals surface area contributed by atoms with E-state index in [1.54, 1.807) is 0 Å². The van der Waals surface area contributed by atoms with Crippen molar-refractivity contribution in [1.29, 1.82) is 0 Å². The van der Waals surface area contributed by atoms with Crippen LogP contribution in [0.1, 0.15) is 10.7 Å². The molecule has 0 bridgehead atoms. The molecule has 2 aromatic rings. The second kappa shape index (κ2) is 5.76. The van der Waals surface area contributed by atoms with E-state index in [1.165, 1.54) is 11.3 Å². The van der Waals surface area contributed by atoms with E-state index < -0.39 is 14.9 Å². The van der Waals surface area contributed by atoms with E-state index in [0.29, 0.717) is 5.01 Å². The van der Waals surface area contributed by atoms with Crippen LogP contribution in [0.3, 0.4) is 0 Å². The first kappa shape index (κ1) is 15.4. The minimum absolute atomic E-state index is 0.0390. The van der Waals surface area contributed by atoms with E-state index in [0.717, 1.165) is 23.9 Å². The number of rotatable bonds is 5. The predicted octanol–water partition coefficient (Wildman–Crippen LogP) is 1.42. The van der Waals surface area contributed by atoms with Crippen molar-refractivity contribution in [2.75, 3.05) is 5.73 Å². The molecule has 0 fully saturated rings. The van der Waals surface area contributed by atoms with Gasteiger partial charge in [-0.05, 0) is 13.0 Å². The molecule has 8 nitrogen and oxygen atoms in total. The Labute approximate surface area is 124 Å². The van der Waals surface area contributed by atoms with Crippen molar-refractivity contribution in [1.82, 2.24) is 9.71 Å². The number of thiazole rings is 1. The normalized spacial score (nSPS) is 11.5. The number of anilines is 1. The van der Waals surface area contributed by atoms with Gasteiger partial charge < -0.3 is 5.73 Å². The van der Waals surface area contributed by atoms with Crippen molar-refractivity contribution in [3.05, 3.63) is 44.4 Å². The van der Waals surface area contributed by atoms with Crippen LogP contribution in [-0.4, -0.2) is 18.3 Å². The van der Waals surface area contributed by atoms with E-state index in [2.05, 4.69) is 9.71 Å². The highest BCUT2D eigenvalue weighted by Gasteiger charge is 2.20. The lowest BCUT2D eigenvalue weighted by Crippen LogP contribution is -2.24. The summed E-state index contributed by atoms with van der Waals surface area (Å²) in [6, 6.07) is 3.23. The van der Waals surface area contributed by atoms with Gasteiger partial charge in [-0.1, -0.05) is 0 Å². The fraction of sp³-hybridized carbons (Fsp3) is 0.182. The van der Waals surface area contributed by atoms with Crippen LogP contribution in [0, 0.1) is 17.0 Å². The maximum atomic E-state index is 12.1. The van der Waals surface area contributed by atoms with Crippen molar-refractivity contribution < 1.29 is 13.3 Å². The van der Waals surface area contributed by atoms with E-state index in [1.807, 2.05) is 12.3 Å². The van der Waals surface area contributed by atoms with Crippen LogP contribution in [0.15, 0.2) is 28.5 Å². The standard InChI is InChI=1S/C11H12N4O4S2/c1-7-6-20-11(14-7)5-13-21(18,19)10-3-2-8(15(16)17)4-9(10)12/h2-4,6,13H,5,12H2,1H3. The van der Waals surface area contributed by atoms with Crippen LogP contribution in [0.2, 0.25) is 0 Å². The van der Waals surface area contributed by atoms with Gasteiger partial charge in [-0.3, -0.25) is 10.1 Å². The maximum absolute atomic E-state index is 12.1. The number of nitro groups is 1. The molecule has 1 aromatic carbocycles. The Bertz CT molecular complexity index is 785. The van der Waals surface area contributed by atoms with Gasteiger partial charge in [0.05, 0.1) is 17.2 Å². The molecular weight excluding hydrogens is 316 g/mol. The van der Waals surface area contributed by atoms with Crippen molar-refractivity contribution in [2.24, 2.45) is 0 Å². The number of aryl methyl sites for hydroxylation is 1. The summed E-state index contributed by atoms with van der Waals surface area (Å²) in [7, 11) is -3.85. The second-order valence-electron chi connectivity index (χ2n) is 4.19. The molecule has 3 N–H and O–H groups in total. The molecule has 0 atom stereocenters. The third kappa shape index (κ3) is 3.54. The predicted molar refractivity (Wildman–Crippen MR) is 78.4 cm³/mol. The molecule has 0 aliphatic rings. The summed E-state index contributed by atoms with van der Waals surface area (Å²) in [6.07, 6.45) is 0. The highest BCUT2D eigenvalue weighted by molar-refractivity contribution is 7.89. The molecular formula is C11H12N4O4S2. The molecule has 0 radical (unpaired) electrons. The van der Waals surface area contributed by atoms with Crippen molar-refractivity contribution in [3.63, 3.8) is 0 Å². The number of nitrogens with one attached hydrogen (secondary N) is 1. The number of hydrogen-bond donors (Lipinski definition) is 2. The summed E-state index contributed by atoms with van der Waals surface area (Å²) in [5.74, 6) is 0. The topological polar surface area (TPSA) is 128 Å². The summed E-state index contributed by atoms with van der Waals surface area (Å²) in [5, 5.41) is 13.0. The van der Waals surface area contributed by atoms with Crippen LogP contribution in [-0.2, 0) is 16.6 Å². The summed E-state index contributed by atoms with van der Waals surface area (Å²) < 4.78 is 26.6. The van der Waals surface area contributed by atoms with Gasteiger partial charge in [0.2, 0.25) is 10.0 Å². The first-order chi connectivity index (χ1) is 9.79. The lowest BCUT2D eigenvalue weighted by molar-refractivity contribution is -0.384. The Morgan fingerprint density at radius 2 is 2.19 bits per heavy atom. The zero-order valence-corrected chi connectivity index (χ0v) is 12.6. The van der Waals surface area contributed by atoms with E-state index >= 15 is 0 Å². The second-order valence-corrected chi connectivity index (χ2v) is 6.86. The molecule has 10 heteroatoms. The molecule has 21 heavy (non-hydrogen) atoms. The molecule has 112 valence electrons. The van der Waals surface area contributed by atoms with Gasteiger partial charge in [-0.25, -0.2) is 18.1 Å². The lowest BCUT2D eigenvalue weighted by Gasteiger charge is -2.07. The fourth-order valence-corrected chi connectivity index (χ4v) is 3.51. The van der Waals surface area contributed by atoms with Gasteiger partial charge in [-0.15, -0.1) is 11.3 Å². The Balaban J connectivity index is 2.21.